The molecule has 1 amide bonds. The first kappa shape index (κ1) is 41.4. The van der Waals surface area contributed by atoms with Gasteiger partial charge < -0.3 is 30.8 Å². The van der Waals surface area contributed by atoms with Gasteiger partial charge in [-0.2, -0.15) is 0 Å². The van der Waals surface area contributed by atoms with Gasteiger partial charge in [0.05, 0.1) is 27.5 Å². The summed E-state index contributed by atoms with van der Waals surface area (Å²) in [6.45, 7) is 13.1. The van der Waals surface area contributed by atoms with E-state index in [1.54, 1.807) is 48.5 Å². The third-order valence-electron chi connectivity index (χ3n) is 8.97. The number of carbonyl (C=O) groups is 1. The second-order valence-corrected chi connectivity index (χ2v) is 15.6. The standard InChI is InChI=1S/C39H40N4O7S2.Na/c1-21-18-22(2)37(25(5)36(21)40)42-30-12-8-28(9-13-30)35(33-17-16-32(51(45,46)47)20-34(33)52(48,49)50)29-10-14-31(15-11-29)43-39-24(4)19-23(3)38(26(39)6)41-27(7)44;/h8-20,42-43H,40H2,1-7H3,(H2-,41,44,45,46,47,48,49,50);/q;+1/p-1. The normalized spacial score (nSPS) is 11.4. The predicted octanol–water partition coefficient (Wildman–Crippen LogP) is 4.40. The average molecular weight is 763 g/mol. The average Bonchev–Trinajstić information content (AvgIpc) is 3.06. The van der Waals surface area contributed by atoms with Gasteiger partial charge in [-0.1, -0.05) is 12.1 Å². The van der Waals surface area contributed by atoms with Crippen molar-refractivity contribution in [3.8, 4) is 0 Å². The van der Waals surface area contributed by atoms with Crippen LogP contribution in [0.3, 0.4) is 0 Å². The Balaban J connectivity index is 0.00000627. The summed E-state index contributed by atoms with van der Waals surface area (Å²) in [6, 6.07) is 20.8. The molecule has 0 bridgehead atoms. The zero-order chi connectivity index (χ0) is 38.3. The number of nitrogens with two attached hydrogens (primary N) is 1. The van der Waals surface area contributed by atoms with Crippen LogP contribution in [0.2, 0.25) is 0 Å². The molecule has 0 aliphatic heterocycles. The zero-order valence-corrected chi connectivity index (χ0v) is 34.4. The molecule has 0 aliphatic carbocycles. The Hall–Kier alpha value is -4.34. The van der Waals surface area contributed by atoms with E-state index in [0.29, 0.717) is 45.9 Å². The number of hydrogen-bond donors (Lipinski definition) is 4. The van der Waals surface area contributed by atoms with E-state index in [1.165, 1.54) is 6.92 Å². The summed E-state index contributed by atoms with van der Waals surface area (Å²) in [5.41, 5.74) is 17.2. The van der Waals surface area contributed by atoms with Crippen molar-refractivity contribution in [1.29, 1.82) is 0 Å². The Kier molecular flexibility index (Phi) is 12.5. The molecule has 0 spiro atoms. The summed E-state index contributed by atoms with van der Waals surface area (Å²) < 4.78 is 73.3. The van der Waals surface area contributed by atoms with Crippen LogP contribution < -0.4 is 51.2 Å². The summed E-state index contributed by atoms with van der Waals surface area (Å²) in [6.07, 6.45) is 0. The number of anilines is 6. The van der Waals surface area contributed by atoms with Crippen LogP contribution in [0.25, 0.3) is 0 Å². The zero-order valence-electron chi connectivity index (χ0n) is 30.8. The Labute approximate surface area is 333 Å². The second-order valence-electron chi connectivity index (χ2n) is 12.8. The topological polar surface area (TPSA) is 194 Å². The fourth-order valence-corrected chi connectivity index (χ4v) is 7.70. The fourth-order valence-electron chi connectivity index (χ4n) is 6.42. The third-order valence-corrected chi connectivity index (χ3v) is 10.7. The molecule has 11 nitrogen and oxygen atoms in total. The molecule has 0 heterocycles. The number of carbonyl (C=O) groups excluding carboxylic acids is 1. The van der Waals surface area contributed by atoms with E-state index in [9.17, 15) is 30.7 Å². The number of nitrogens with one attached hydrogen (secondary N) is 3. The van der Waals surface area contributed by atoms with Gasteiger partial charge in [-0.25, -0.2) is 16.8 Å². The van der Waals surface area contributed by atoms with Crippen LogP contribution in [0.1, 0.15) is 57.0 Å². The fraction of sp³-hybridized carbons (Fsp3) is 0.179. The molecule has 0 aliphatic rings. The van der Waals surface area contributed by atoms with Crippen LogP contribution in [0, 0.1) is 47.5 Å². The first-order valence-corrected chi connectivity index (χ1v) is 19.0. The van der Waals surface area contributed by atoms with Crippen LogP contribution in [0.5, 0.6) is 0 Å². The van der Waals surface area contributed by atoms with E-state index in [4.69, 9.17) is 5.73 Å². The maximum absolute atomic E-state index is 12.6. The number of nitrogen functional groups attached to an aromatic ring is 1. The molecule has 0 unspecified atom stereocenters. The molecule has 0 atom stereocenters. The maximum atomic E-state index is 12.6. The van der Waals surface area contributed by atoms with Gasteiger partial charge in [0.2, 0.25) is 5.91 Å². The summed E-state index contributed by atoms with van der Waals surface area (Å²) in [5, 5.41) is 9.70. The largest absolute Gasteiger partial charge is 1.00 e. The molecule has 5 aromatic carbocycles. The minimum Gasteiger partial charge on any atom is -0.744 e. The SMILES string of the molecule is CC(=O)Nc1c(C)cc(C)c(Nc2ccc([C+](c3ccc(Nc4c(C)cc(C)c(N)c4C)cc3)c3ccc(S(=O)(=O)[O-])cc3S(=O)(=O)[O-])cc2)c1C.[Na+]. The Morgan fingerprint density at radius 3 is 1.53 bits per heavy atom. The van der Waals surface area contributed by atoms with Crippen molar-refractivity contribution in [2.45, 2.75) is 58.3 Å². The van der Waals surface area contributed by atoms with Gasteiger partial charge in [-0.05, 0) is 142 Å². The monoisotopic (exact) mass is 762 g/mol. The number of amides is 1. The van der Waals surface area contributed by atoms with E-state index >= 15 is 0 Å². The Bertz CT molecular complexity index is 2430. The molecule has 0 radical (unpaired) electrons. The number of rotatable bonds is 10. The second kappa shape index (κ2) is 15.9. The molecule has 0 aromatic heterocycles. The minimum atomic E-state index is -5.26. The van der Waals surface area contributed by atoms with Crippen LogP contribution in [-0.2, 0) is 25.0 Å². The van der Waals surface area contributed by atoms with Crippen LogP contribution in [-0.4, -0.2) is 31.8 Å². The van der Waals surface area contributed by atoms with Gasteiger partial charge in [-0.3, -0.25) is 4.79 Å². The molecule has 5 aromatic rings. The Morgan fingerprint density at radius 1 is 0.623 bits per heavy atom. The van der Waals surface area contributed by atoms with Gasteiger partial charge in [0.25, 0.3) is 0 Å². The van der Waals surface area contributed by atoms with Crippen molar-refractivity contribution in [1.82, 2.24) is 0 Å². The van der Waals surface area contributed by atoms with E-state index in [0.717, 1.165) is 56.9 Å². The van der Waals surface area contributed by atoms with Gasteiger partial charge in [0.1, 0.15) is 25.1 Å². The number of hydrogen-bond acceptors (Lipinski definition) is 10. The predicted molar refractivity (Wildman–Crippen MR) is 202 cm³/mol. The summed E-state index contributed by atoms with van der Waals surface area (Å²) in [4.78, 5) is 10.2. The molecule has 0 saturated carbocycles. The van der Waals surface area contributed by atoms with Crippen LogP contribution >= 0.6 is 0 Å². The Morgan fingerprint density at radius 2 is 1.08 bits per heavy atom. The maximum Gasteiger partial charge on any atom is 1.00 e. The minimum absolute atomic E-state index is 0. The van der Waals surface area contributed by atoms with Crippen molar-refractivity contribution in [3.05, 3.63) is 135 Å². The van der Waals surface area contributed by atoms with Crippen LogP contribution in [0.15, 0.2) is 88.7 Å². The smallest absolute Gasteiger partial charge is 0.744 e. The molecular formula is C39H39N4NaO7S2. The first-order valence-electron chi connectivity index (χ1n) is 16.2. The molecule has 0 saturated heterocycles. The van der Waals surface area contributed by atoms with Crippen molar-refractivity contribution in [2.24, 2.45) is 0 Å². The van der Waals surface area contributed by atoms with Crippen molar-refractivity contribution in [3.63, 3.8) is 0 Å². The van der Waals surface area contributed by atoms with Crippen molar-refractivity contribution in [2.75, 3.05) is 21.7 Å². The molecule has 5 N–H and O–H groups in total. The molecule has 14 heteroatoms. The molecular weight excluding hydrogens is 724 g/mol. The number of aryl methyl sites for hydroxylation is 4. The third kappa shape index (κ3) is 9.07. The van der Waals surface area contributed by atoms with Crippen molar-refractivity contribution < 1.29 is 60.3 Å². The first-order chi connectivity index (χ1) is 24.3. The van der Waals surface area contributed by atoms with E-state index < -0.39 is 30.0 Å². The van der Waals surface area contributed by atoms with Crippen LogP contribution in [0.4, 0.5) is 34.1 Å². The van der Waals surface area contributed by atoms with Crippen molar-refractivity contribution >= 4 is 60.3 Å². The number of benzene rings is 5. The van der Waals surface area contributed by atoms with Gasteiger partial charge >= 0.3 is 29.6 Å². The van der Waals surface area contributed by atoms with Gasteiger partial charge in [-0.15, -0.1) is 0 Å². The molecule has 270 valence electrons. The van der Waals surface area contributed by atoms with Gasteiger partial charge in [0, 0.05) is 41.0 Å². The van der Waals surface area contributed by atoms with E-state index in [1.807, 2.05) is 53.7 Å². The molecule has 5 rings (SSSR count). The molecule has 53 heavy (non-hydrogen) atoms. The summed E-state index contributed by atoms with van der Waals surface area (Å²) in [7, 11) is -10.3. The van der Waals surface area contributed by atoms with E-state index in [2.05, 4.69) is 16.0 Å². The van der Waals surface area contributed by atoms with E-state index in [-0.39, 0.29) is 41.0 Å². The summed E-state index contributed by atoms with van der Waals surface area (Å²) >= 11 is 0. The quantitative estimate of drug-likeness (QED) is 0.0521. The molecule has 0 fully saturated rings. The van der Waals surface area contributed by atoms with Gasteiger partial charge in [0.15, 0.2) is 0 Å². The summed E-state index contributed by atoms with van der Waals surface area (Å²) in [5.74, 6) is 0.118.